The van der Waals surface area contributed by atoms with E-state index in [-0.39, 0.29) is 5.97 Å². The zero-order valence-corrected chi connectivity index (χ0v) is 11.8. The van der Waals surface area contributed by atoms with Crippen LogP contribution in [0.1, 0.15) is 65.7 Å². The standard InChI is InChI=1S/C14H28O3/c1-5-6-7-8-9-10-11-12(15)14(2,3)13(16)17-4/h12,15H,5-11H2,1-4H3. The molecule has 0 heterocycles. The van der Waals surface area contributed by atoms with E-state index < -0.39 is 11.5 Å². The molecule has 1 unspecified atom stereocenters. The van der Waals surface area contributed by atoms with Crippen LogP contribution in [0.25, 0.3) is 0 Å². The van der Waals surface area contributed by atoms with E-state index in [1.54, 1.807) is 13.8 Å². The lowest BCUT2D eigenvalue weighted by Gasteiger charge is -2.27. The minimum Gasteiger partial charge on any atom is -0.469 e. The molecule has 0 saturated carbocycles. The molecule has 0 amide bonds. The van der Waals surface area contributed by atoms with Gasteiger partial charge in [-0.2, -0.15) is 0 Å². The smallest absolute Gasteiger partial charge is 0.313 e. The van der Waals surface area contributed by atoms with E-state index >= 15 is 0 Å². The van der Waals surface area contributed by atoms with Gasteiger partial charge in [0.25, 0.3) is 0 Å². The fraction of sp³-hybridized carbons (Fsp3) is 0.929. The molecule has 0 spiro atoms. The second kappa shape index (κ2) is 8.51. The summed E-state index contributed by atoms with van der Waals surface area (Å²) >= 11 is 0. The van der Waals surface area contributed by atoms with Crippen LogP contribution in [0.15, 0.2) is 0 Å². The van der Waals surface area contributed by atoms with Gasteiger partial charge in [-0.25, -0.2) is 0 Å². The highest BCUT2D eigenvalue weighted by Crippen LogP contribution is 2.26. The first-order chi connectivity index (χ1) is 7.96. The Morgan fingerprint density at radius 1 is 1.18 bits per heavy atom. The van der Waals surface area contributed by atoms with Crippen molar-refractivity contribution in [2.45, 2.75) is 71.8 Å². The fourth-order valence-electron chi connectivity index (χ4n) is 1.88. The zero-order chi connectivity index (χ0) is 13.3. The molecular formula is C14H28O3. The van der Waals surface area contributed by atoms with Gasteiger partial charge in [0.2, 0.25) is 0 Å². The summed E-state index contributed by atoms with van der Waals surface area (Å²) in [7, 11) is 1.36. The number of rotatable bonds is 9. The Labute approximate surface area is 106 Å². The van der Waals surface area contributed by atoms with E-state index in [4.69, 9.17) is 4.74 Å². The van der Waals surface area contributed by atoms with Gasteiger partial charge in [0.1, 0.15) is 0 Å². The molecule has 0 aliphatic heterocycles. The summed E-state index contributed by atoms with van der Waals surface area (Å²) in [4.78, 5) is 11.5. The third-order valence-electron chi connectivity index (χ3n) is 3.38. The summed E-state index contributed by atoms with van der Waals surface area (Å²) in [5.41, 5.74) is -0.793. The zero-order valence-electron chi connectivity index (χ0n) is 11.8. The Kier molecular flexibility index (Phi) is 8.23. The van der Waals surface area contributed by atoms with Gasteiger partial charge in [-0.3, -0.25) is 4.79 Å². The number of ether oxygens (including phenoxy) is 1. The van der Waals surface area contributed by atoms with Crippen LogP contribution in [0.2, 0.25) is 0 Å². The van der Waals surface area contributed by atoms with Crippen molar-refractivity contribution in [1.82, 2.24) is 0 Å². The first kappa shape index (κ1) is 16.4. The van der Waals surface area contributed by atoms with Gasteiger partial charge in [-0.15, -0.1) is 0 Å². The SMILES string of the molecule is CCCCCCCCC(O)C(C)(C)C(=O)OC. The lowest BCUT2D eigenvalue weighted by molar-refractivity contribution is -0.157. The van der Waals surface area contributed by atoms with Crippen LogP contribution in [-0.2, 0) is 9.53 Å². The summed E-state index contributed by atoms with van der Waals surface area (Å²) in [5.74, 6) is -0.337. The Morgan fingerprint density at radius 3 is 2.24 bits per heavy atom. The Bertz CT molecular complexity index is 212. The highest BCUT2D eigenvalue weighted by atomic mass is 16.5. The van der Waals surface area contributed by atoms with Gasteiger partial charge in [0, 0.05) is 0 Å². The van der Waals surface area contributed by atoms with Crippen molar-refractivity contribution in [3.8, 4) is 0 Å². The van der Waals surface area contributed by atoms with Gasteiger partial charge >= 0.3 is 5.97 Å². The van der Waals surface area contributed by atoms with E-state index in [1.807, 2.05) is 0 Å². The lowest BCUT2D eigenvalue weighted by Crippen LogP contribution is -2.38. The number of methoxy groups -OCH3 is 1. The van der Waals surface area contributed by atoms with Crippen LogP contribution in [-0.4, -0.2) is 24.3 Å². The molecule has 0 rings (SSSR count). The maximum absolute atomic E-state index is 11.5. The number of hydrogen-bond acceptors (Lipinski definition) is 3. The molecule has 0 aromatic heterocycles. The third kappa shape index (κ3) is 6.06. The lowest BCUT2D eigenvalue weighted by atomic mass is 9.84. The molecule has 0 aliphatic rings. The number of carbonyl (C=O) groups is 1. The van der Waals surface area contributed by atoms with Crippen LogP contribution in [0.5, 0.6) is 0 Å². The van der Waals surface area contributed by atoms with Gasteiger partial charge in [0.05, 0.1) is 18.6 Å². The predicted molar refractivity (Wildman–Crippen MR) is 69.8 cm³/mol. The number of aliphatic hydroxyl groups excluding tert-OH is 1. The summed E-state index contributed by atoms with van der Waals surface area (Å²) in [6.07, 6.45) is 7.20. The molecule has 0 aromatic rings. The van der Waals surface area contributed by atoms with E-state index in [2.05, 4.69) is 6.92 Å². The van der Waals surface area contributed by atoms with E-state index in [0.717, 1.165) is 12.8 Å². The maximum atomic E-state index is 11.5. The van der Waals surface area contributed by atoms with Gasteiger partial charge < -0.3 is 9.84 Å². The highest BCUT2D eigenvalue weighted by molar-refractivity contribution is 5.76. The van der Waals surface area contributed by atoms with Gasteiger partial charge in [-0.05, 0) is 20.3 Å². The Hall–Kier alpha value is -0.570. The highest BCUT2D eigenvalue weighted by Gasteiger charge is 2.36. The Balaban J connectivity index is 3.78. The number of esters is 1. The minimum atomic E-state index is -0.793. The molecule has 17 heavy (non-hydrogen) atoms. The summed E-state index contributed by atoms with van der Waals surface area (Å²) in [6.45, 7) is 5.67. The van der Waals surface area contributed by atoms with Crippen molar-refractivity contribution in [3.05, 3.63) is 0 Å². The molecule has 0 fully saturated rings. The minimum absolute atomic E-state index is 0.337. The average molecular weight is 244 g/mol. The van der Waals surface area contributed by atoms with Crippen LogP contribution in [0, 0.1) is 5.41 Å². The molecule has 0 bridgehead atoms. The molecule has 3 nitrogen and oxygen atoms in total. The van der Waals surface area contributed by atoms with Crippen molar-refractivity contribution in [3.63, 3.8) is 0 Å². The van der Waals surface area contributed by atoms with E-state index in [9.17, 15) is 9.90 Å². The average Bonchev–Trinajstić information content (AvgIpc) is 2.31. The summed E-state index contributed by atoms with van der Waals surface area (Å²) < 4.78 is 4.70. The molecule has 0 saturated heterocycles. The van der Waals surface area contributed by atoms with Crippen molar-refractivity contribution in [2.75, 3.05) is 7.11 Å². The topological polar surface area (TPSA) is 46.5 Å². The first-order valence-corrected chi connectivity index (χ1v) is 6.73. The predicted octanol–water partition coefficient (Wildman–Crippen LogP) is 3.30. The van der Waals surface area contributed by atoms with Gasteiger partial charge in [-0.1, -0.05) is 45.4 Å². The molecule has 1 N–H and O–H groups in total. The number of aliphatic hydroxyl groups is 1. The number of unbranched alkanes of at least 4 members (excludes halogenated alkanes) is 5. The second-order valence-electron chi connectivity index (χ2n) is 5.29. The molecule has 1 atom stereocenters. The maximum Gasteiger partial charge on any atom is 0.313 e. The molecule has 102 valence electrons. The van der Waals surface area contributed by atoms with Crippen LogP contribution in [0.3, 0.4) is 0 Å². The molecule has 3 heteroatoms. The number of carbonyl (C=O) groups excluding carboxylic acids is 1. The van der Waals surface area contributed by atoms with Crippen molar-refractivity contribution in [1.29, 1.82) is 0 Å². The first-order valence-electron chi connectivity index (χ1n) is 6.73. The molecule has 0 aliphatic carbocycles. The van der Waals surface area contributed by atoms with E-state index in [0.29, 0.717) is 6.42 Å². The molecule has 0 radical (unpaired) electrons. The third-order valence-corrected chi connectivity index (χ3v) is 3.38. The Morgan fingerprint density at radius 2 is 1.71 bits per heavy atom. The van der Waals surface area contributed by atoms with Crippen molar-refractivity contribution in [2.24, 2.45) is 5.41 Å². The second-order valence-corrected chi connectivity index (χ2v) is 5.29. The van der Waals surface area contributed by atoms with Crippen LogP contribution in [0.4, 0.5) is 0 Å². The summed E-state index contributed by atoms with van der Waals surface area (Å²) in [5, 5.41) is 9.98. The van der Waals surface area contributed by atoms with E-state index in [1.165, 1.54) is 32.8 Å². The van der Waals surface area contributed by atoms with Gasteiger partial charge in [0.15, 0.2) is 0 Å². The monoisotopic (exact) mass is 244 g/mol. The quantitative estimate of drug-likeness (QED) is 0.500. The van der Waals surface area contributed by atoms with Crippen LogP contribution < -0.4 is 0 Å². The number of hydrogen-bond donors (Lipinski definition) is 1. The van der Waals surface area contributed by atoms with Crippen LogP contribution >= 0.6 is 0 Å². The van der Waals surface area contributed by atoms with Crippen molar-refractivity contribution < 1.29 is 14.6 Å². The van der Waals surface area contributed by atoms with Crippen molar-refractivity contribution >= 4 is 5.97 Å². The normalized spacial score (nSPS) is 13.5. The molecule has 0 aromatic carbocycles. The largest absolute Gasteiger partial charge is 0.469 e. The molecular weight excluding hydrogens is 216 g/mol. The fourth-order valence-corrected chi connectivity index (χ4v) is 1.88. The summed E-state index contributed by atoms with van der Waals surface area (Å²) in [6, 6.07) is 0.